The lowest BCUT2D eigenvalue weighted by molar-refractivity contribution is 0.206. The van der Waals surface area contributed by atoms with Crippen LogP contribution in [-0.4, -0.2) is 24.0 Å². The van der Waals surface area contributed by atoms with Gasteiger partial charge in [0.1, 0.15) is 5.82 Å². The Morgan fingerprint density at radius 3 is 2.95 bits per heavy atom. The molecule has 1 heterocycles. The molecule has 1 saturated carbocycles. The minimum atomic E-state index is -0.227. The van der Waals surface area contributed by atoms with Crippen LogP contribution in [0.25, 0.3) is 0 Å². The molecule has 0 spiro atoms. The van der Waals surface area contributed by atoms with Gasteiger partial charge < -0.3 is 10.2 Å². The Hall–Kier alpha value is -1.40. The Balaban J connectivity index is 1.52. The van der Waals surface area contributed by atoms with Crippen molar-refractivity contribution in [1.82, 2.24) is 10.2 Å². The van der Waals surface area contributed by atoms with Gasteiger partial charge in [-0.15, -0.1) is 11.3 Å². The number of carbonyl (C=O) groups excluding carboxylic acids is 1. The second kappa shape index (κ2) is 6.38. The summed E-state index contributed by atoms with van der Waals surface area (Å²) < 4.78 is 14.3. The van der Waals surface area contributed by atoms with Gasteiger partial charge in [0.25, 0.3) is 0 Å². The Labute approximate surface area is 141 Å². The van der Waals surface area contributed by atoms with Crippen LogP contribution in [0.2, 0.25) is 0 Å². The summed E-state index contributed by atoms with van der Waals surface area (Å²) >= 11 is 5.04. The lowest BCUT2D eigenvalue weighted by Crippen LogP contribution is -2.38. The first-order valence-corrected chi connectivity index (χ1v) is 8.65. The van der Waals surface area contributed by atoms with Crippen molar-refractivity contribution in [3.05, 3.63) is 56.4 Å². The first-order chi connectivity index (χ1) is 10.5. The summed E-state index contributed by atoms with van der Waals surface area (Å²) in [7, 11) is 1.78. The van der Waals surface area contributed by atoms with Crippen molar-refractivity contribution in [3.63, 3.8) is 0 Å². The highest BCUT2D eigenvalue weighted by Crippen LogP contribution is 2.41. The van der Waals surface area contributed by atoms with Crippen LogP contribution in [0.5, 0.6) is 0 Å². The number of amides is 2. The fraction of sp³-hybridized carbons (Fsp3) is 0.312. The monoisotopic (exact) mass is 382 g/mol. The quantitative estimate of drug-likeness (QED) is 0.837. The molecule has 2 atom stereocenters. The van der Waals surface area contributed by atoms with Gasteiger partial charge in [-0.1, -0.05) is 12.1 Å². The van der Waals surface area contributed by atoms with Crippen molar-refractivity contribution in [2.45, 2.75) is 24.9 Å². The molecule has 1 aromatic heterocycles. The number of halogens is 2. The maximum absolute atomic E-state index is 13.2. The summed E-state index contributed by atoms with van der Waals surface area (Å²) in [6, 6.07) is 10.6. The molecule has 2 unspecified atom stereocenters. The van der Waals surface area contributed by atoms with Crippen LogP contribution >= 0.6 is 27.3 Å². The number of hydrogen-bond acceptors (Lipinski definition) is 2. The molecule has 1 aliphatic rings. The van der Waals surface area contributed by atoms with E-state index in [4.69, 9.17) is 0 Å². The zero-order chi connectivity index (χ0) is 15.7. The third-order valence-electron chi connectivity index (χ3n) is 3.74. The molecule has 2 aromatic rings. The van der Waals surface area contributed by atoms with E-state index in [2.05, 4.69) is 21.2 Å². The lowest BCUT2D eigenvalue weighted by Gasteiger charge is -2.17. The van der Waals surface area contributed by atoms with E-state index in [0.29, 0.717) is 6.54 Å². The summed E-state index contributed by atoms with van der Waals surface area (Å²) in [5.74, 6) is -0.00111. The number of thiophene rings is 1. The Morgan fingerprint density at radius 1 is 1.45 bits per heavy atom. The number of urea groups is 1. The number of nitrogens with zero attached hydrogens (tertiary/aromatic N) is 1. The number of carbonyl (C=O) groups is 1. The Kier molecular flexibility index (Phi) is 4.49. The van der Waals surface area contributed by atoms with Crippen LogP contribution in [-0.2, 0) is 6.54 Å². The summed E-state index contributed by atoms with van der Waals surface area (Å²) in [6.07, 6.45) is 0.869. The molecule has 1 fully saturated rings. The van der Waals surface area contributed by atoms with E-state index in [1.165, 1.54) is 6.07 Å². The number of nitrogens with one attached hydrogen (secondary N) is 1. The van der Waals surface area contributed by atoms with Gasteiger partial charge >= 0.3 is 6.03 Å². The highest BCUT2D eigenvalue weighted by atomic mass is 79.9. The van der Waals surface area contributed by atoms with Gasteiger partial charge in [0.15, 0.2) is 0 Å². The van der Waals surface area contributed by atoms with Crippen LogP contribution in [0.3, 0.4) is 0 Å². The van der Waals surface area contributed by atoms with Gasteiger partial charge in [-0.2, -0.15) is 0 Å². The van der Waals surface area contributed by atoms with Crippen molar-refractivity contribution in [2.24, 2.45) is 0 Å². The van der Waals surface area contributed by atoms with Crippen molar-refractivity contribution < 1.29 is 9.18 Å². The molecule has 3 nitrogen and oxygen atoms in total. The number of benzene rings is 1. The molecule has 116 valence electrons. The third kappa shape index (κ3) is 3.67. The van der Waals surface area contributed by atoms with Gasteiger partial charge in [0, 0.05) is 23.9 Å². The van der Waals surface area contributed by atoms with E-state index >= 15 is 0 Å². The minimum absolute atomic E-state index is 0.0894. The SMILES string of the molecule is CN(Cc1ccc(Br)s1)C(=O)NC1CC1c1cccc(F)c1. The molecule has 22 heavy (non-hydrogen) atoms. The third-order valence-corrected chi connectivity index (χ3v) is 5.35. The summed E-state index contributed by atoms with van der Waals surface area (Å²) in [5, 5.41) is 3.01. The minimum Gasteiger partial charge on any atom is -0.335 e. The summed E-state index contributed by atoms with van der Waals surface area (Å²) in [5.41, 5.74) is 0.954. The molecule has 3 rings (SSSR count). The summed E-state index contributed by atoms with van der Waals surface area (Å²) in [4.78, 5) is 15.0. The highest BCUT2D eigenvalue weighted by molar-refractivity contribution is 9.11. The van der Waals surface area contributed by atoms with Gasteiger partial charge in [-0.05, 0) is 52.2 Å². The van der Waals surface area contributed by atoms with Crippen molar-refractivity contribution >= 4 is 33.3 Å². The maximum Gasteiger partial charge on any atom is 0.317 e. The molecule has 1 N–H and O–H groups in total. The second-order valence-corrected chi connectivity index (χ2v) is 8.06. The molecule has 6 heteroatoms. The van der Waals surface area contributed by atoms with Gasteiger partial charge in [0.2, 0.25) is 0 Å². The van der Waals surface area contributed by atoms with Crippen LogP contribution < -0.4 is 5.32 Å². The zero-order valence-corrected chi connectivity index (χ0v) is 14.5. The molecule has 2 amide bonds. The topological polar surface area (TPSA) is 32.3 Å². The second-order valence-electron chi connectivity index (χ2n) is 5.52. The first kappa shape index (κ1) is 15.5. The predicted octanol–water partition coefficient (Wildman–Crippen LogP) is 4.35. The van der Waals surface area contributed by atoms with Crippen LogP contribution in [0, 0.1) is 5.82 Å². The average molecular weight is 383 g/mol. The molecule has 0 bridgehead atoms. The van der Waals surface area contributed by atoms with Crippen molar-refractivity contribution in [2.75, 3.05) is 7.05 Å². The molecular formula is C16H16BrFN2OS. The standard InChI is InChI=1S/C16H16BrFN2OS/c1-20(9-12-5-6-15(17)22-12)16(21)19-14-8-13(14)10-3-2-4-11(18)7-10/h2-7,13-14H,8-9H2,1H3,(H,19,21). The van der Waals surface area contributed by atoms with E-state index < -0.39 is 0 Å². The maximum atomic E-state index is 13.2. The van der Waals surface area contributed by atoms with Crippen LogP contribution in [0.1, 0.15) is 22.8 Å². The van der Waals surface area contributed by atoms with Gasteiger partial charge in [-0.3, -0.25) is 0 Å². The lowest BCUT2D eigenvalue weighted by atomic mass is 10.1. The normalized spacial score (nSPS) is 19.8. The van der Waals surface area contributed by atoms with E-state index in [9.17, 15) is 9.18 Å². The predicted molar refractivity (Wildman–Crippen MR) is 89.6 cm³/mol. The number of hydrogen-bond donors (Lipinski definition) is 1. The van der Waals surface area contributed by atoms with Crippen LogP contribution in [0.15, 0.2) is 40.2 Å². The van der Waals surface area contributed by atoms with E-state index in [1.54, 1.807) is 35.4 Å². The molecular weight excluding hydrogens is 367 g/mol. The van der Waals surface area contributed by atoms with Crippen LogP contribution in [0.4, 0.5) is 9.18 Å². The zero-order valence-electron chi connectivity index (χ0n) is 12.1. The molecule has 0 saturated heterocycles. The average Bonchev–Trinajstić information content (AvgIpc) is 3.12. The molecule has 1 aliphatic carbocycles. The van der Waals surface area contributed by atoms with Crippen molar-refractivity contribution in [3.8, 4) is 0 Å². The number of rotatable bonds is 4. The van der Waals surface area contributed by atoms with Gasteiger partial charge in [0.05, 0.1) is 10.3 Å². The Bertz CT molecular complexity index is 690. The smallest absolute Gasteiger partial charge is 0.317 e. The van der Waals surface area contributed by atoms with E-state index in [1.807, 2.05) is 18.2 Å². The Morgan fingerprint density at radius 2 is 2.27 bits per heavy atom. The largest absolute Gasteiger partial charge is 0.335 e. The fourth-order valence-corrected chi connectivity index (χ4v) is 4.01. The molecule has 1 aromatic carbocycles. The van der Waals surface area contributed by atoms with E-state index in [0.717, 1.165) is 20.6 Å². The van der Waals surface area contributed by atoms with Crippen molar-refractivity contribution in [1.29, 1.82) is 0 Å². The van der Waals surface area contributed by atoms with E-state index in [-0.39, 0.29) is 23.8 Å². The summed E-state index contributed by atoms with van der Waals surface area (Å²) in [6.45, 7) is 0.583. The molecule has 0 radical (unpaired) electrons. The molecule has 0 aliphatic heterocycles. The first-order valence-electron chi connectivity index (χ1n) is 7.04. The fourth-order valence-electron chi connectivity index (χ4n) is 2.47. The highest BCUT2D eigenvalue weighted by Gasteiger charge is 2.40. The van der Waals surface area contributed by atoms with Gasteiger partial charge in [-0.25, -0.2) is 9.18 Å².